The molecule has 190 valence electrons. The van der Waals surface area contributed by atoms with E-state index in [4.69, 9.17) is 10.5 Å². The molecular formula is C27H28N6O4. The van der Waals surface area contributed by atoms with Gasteiger partial charge in [0.15, 0.2) is 11.5 Å². The summed E-state index contributed by atoms with van der Waals surface area (Å²) in [5.74, 6) is -0.820. The number of amides is 2. The van der Waals surface area contributed by atoms with E-state index in [0.29, 0.717) is 23.6 Å². The van der Waals surface area contributed by atoms with Crippen molar-refractivity contribution in [2.75, 3.05) is 17.2 Å². The SMILES string of the molecule is C=CC(=O)N1CC[C@@H](Nc2cnc(C(N)=O)c(Nc3cccc(C(=O)OCc4ccccc4)c3)n2)[C@H]1C. The van der Waals surface area contributed by atoms with Gasteiger partial charge in [0, 0.05) is 24.3 Å². The number of aromatic nitrogens is 2. The van der Waals surface area contributed by atoms with Crippen LogP contribution in [0.2, 0.25) is 0 Å². The van der Waals surface area contributed by atoms with E-state index in [1.54, 1.807) is 29.2 Å². The third kappa shape index (κ3) is 6.10. The lowest BCUT2D eigenvalue weighted by Crippen LogP contribution is -2.39. The van der Waals surface area contributed by atoms with Crippen molar-refractivity contribution in [2.24, 2.45) is 5.73 Å². The van der Waals surface area contributed by atoms with Crippen LogP contribution in [0.15, 0.2) is 73.4 Å². The van der Waals surface area contributed by atoms with Gasteiger partial charge in [0.2, 0.25) is 5.91 Å². The summed E-state index contributed by atoms with van der Waals surface area (Å²) in [5, 5.41) is 6.32. The molecule has 4 rings (SSSR count). The van der Waals surface area contributed by atoms with Crippen LogP contribution in [-0.2, 0) is 16.1 Å². The summed E-state index contributed by atoms with van der Waals surface area (Å²) in [6, 6.07) is 15.9. The number of nitrogens with one attached hydrogen (secondary N) is 2. The Labute approximate surface area is 214 Å². The maximum absolute atomic E-state index is 12.6. The highest BCUT2D eigenvalue weighted by atomic mass is 16.5. The summed E-state index contributed by atoms with van der Waals surface area (Å²) < 4.78 is 5.41. The molecule has 2 amide bonds. The first kappa shape index (κ1) is 25.4. The predicted octanol–water partition coefficient (Wildman–Crippen LogP) is 3.26. The highest BCUT2D eigenvalue weighted by Gasteiger charge is 2.33. The number of esters is 1. The number of likely N-dealkylation sites (tertiary alicyclic amines) is 1. The molecule has 1 fully saturated rings. The van der Waals surface area contributed by atoms with Crippen LogP contribution in [0.3, 0.4) is 0 Å². The molecule has 2 heterocycles. The van der Waals surface area contributed by atoms with Crippen molar-refractivity contribution >= 4 is 35.1 Å². The molecule has 0 saturated carbocycles. The van der Waals surface area contributed by atoms with Crippen molar-refractivity contribution < 1.29 is 19.1 Å². The molecule has 0 spiro atoms. The van der Waals surface area contributed by atoms with E-state index in [2.05, 4.69) is 27.2 Å². The molecule has 0 unspecified atom stereocenters. The number of primary amides is 1. The summed E-state index contributed by atoms with van der Waals surface area (Å²) >= 11 is 0. The van der Waals surface area contributed by atoms with Crippen LogP contribution in [0.4, 0.5) is 17.3 Å². The Hall–Kier alpha value is -4.73. The van der Waals surface area contributed by atoms with Gasteiger partial charge in [-0.15, -0.1) is 0 Å². The minimum absolute atomic E-state index is 0.0504. The zero-order chi connectivity index (χ0) is 26.4. The number of hydrogen-bond donors (Lipinski definition) is 3. The van der Waals surface area contributed by atoms with E-state index in [1.165, 1.54) is 12.3 Å². The molecule has 0 radical (unpaired) electrons. The average molecular weight is 501 g/mol. The van der Waals surface area contributed by atoms with Crippen LogP contribution in [-0.4, -0.2) is 51.3 Å². The molecule has 10 nitrogen and oxygen atoms in total. The number of carbonyl (C=O) groups excluding carboxylic acids is 3. The van der Waals surface area contributed by atoms with E-state index in [-0.39, 0.29) is 36.1 Å². The molecule has 10 heteroatoms. The molecule has 1 aliphatic rings. The second-order valence-corrected chi connectivity index (χ2v) is 8.60. The van der Waals surface area contributed by atoms with Crippen molar-refractivity contribution in [3.05, 3.63) is 90.3 Å². The van der Waals surface area contributed by atoms with Crippen molar-refractivity contribution in [2.45, 2.75) is 32.0 Å². The van der Waals surface area contributed by atoms with E-state index in [9.17, 15) is 14.4 Å². The highest BCUT2D eigenvalue weighted by Crippen LogP contribution is 2.24. The van der Waals surface area contributed by atoms with Crippen LogP contribution < -0.4 is 16.4 Å². The largest absolute Gasteiger partial charge is 0.457 e. The predicted molar refractivity (Wildman–Crippen MR) is 139 cm³/mol. The second-order valence-electron chi connectivity index (χ2n) is 8.60. The van der Waals surface area contributed by atoms with Crippen LogP contribution in [0.1, 0.15) is 39.8 Å². The van der Waals surface area contributed by atoms with Crippen molar-refractivity contribution in [1.82, 2.24) is 14.9 Å². The van der Waals surface area contributed by atoms with Gasteiger partial charge in [-0.1, -0.05) is 43.0 Å². The summed E-state index contributed by atoms with van der Waals surface area (Å²) in [4.78, 5) is 47.0. The van der Waals surface area contributed by atoms with Gasteiger partial charge in [0.1, 0.15) is 12.4 Å². The first-order valence-electron chi connectivity index (χ1n) is 11.8. The minimum Gasteiger partial charge on any atom is -0.457 e. The summed E-state index contributed by atoms with van der Waals surface area (Å²) in [6.45, 7) is 6.24. The quantitative estimate of drug-likeness (QED) is 0.300. The highest BCUT2D eigenvalue weighted by molar-refractivity contribution is 5.97. The Balaban J connectivity index is 1.49. The number of nitrogens with two attached hydrogens (primary N) is 1. The molecule has 2 atom stereocenters. The zero-order valence-corrected chi connectivity index (χ0v) is 20.4. The summed E-state index contributed by atoms with van der Waals surface area (Å²) in [6.07, 6.45) is 3.44. The first-order valence-corrected chi connectivity index (χ1v) is 11.8. The van der Waals surface area contributed by atoms with E-state index in [1.807, 2.05) is 37.3 Å². The Morgan fingerprint density at radius 3 is 2.70 bits per heavy atom. The molecule has 1 aromatic heterocycles. The lowest BCUT2D eigenvalue weighted by atomic mass is 10.1. The fraction of sp³-hybridized carbons (Fsp3) is 0.222. The maximum Gasteiger partial charge on any atom is 0.338 e. The summed E-state index contributed by atoms with van der Waals surface area (Å²) in [5.41, 5.74) is 7.17. The standard InChI is InChI=1S/C27H28N6O4/c1-3-23(34)33-13-12-21(17(33)2)31-22-15-29-24(25(28)35)26(32-22)30-20-11-7-10-19(14-20)27(36)37-16-18-8-5-4-6-9-18/h3-11,14-15,17,21H,1,12-13,16H2,2H3,(H2,28,35)(H2,30,31,32)/t17-,21-/m1/s1. The maximum atomic E-state index is 12.6. The monoisotopic (exact) mass is 500 g/mol. The Bertz CT molecular complexity index is 1310. The third-order valence-electron chi connectivity index (χ3n) is 6.13. The van der Waals surface area contributed by atoms with Crippen molar-refractivity contribution in [3.63, 3.8) is 0 Å². The second kappa shape index (κ2) is 11.3. The lowest BCUT2D eigenvalue weighted by Gasteiger charge is -2.24. The van der Waals surface area contributed by atoms with Crippen LogP contribution in [0.5, 0.6) is 0 Å². The zero-order valence-electron chi connectivity index (χ0n) is 20.4. The van der Waals surface area contributed by atoms with Crippen molar-refractivity contribution in [1.29, 1.82) is 0 Å². The number of carbonyl (C=O) groups is 3. The van der Waals surface area contributed by atoms with Crippen LogP contribution in [0.25, 0.3) is 0 Å². The molecule has 37 heavy (non-hydrogen) atoms. The Morgan fingerprint density at radius 1 is 1.19 bits per heavy atom. The van der Waals surface area contributed by atoms with Crippen LogP contribution in [0, 0.1) is 0 Å². The van der Waals surface area contributed by atoms with E-state index < -0.39 is 11.9 Å². The number of benzene rings is 2. The fourth-order valence-corrected chi connectivity index (χ4v) is 4.14. The number of anilines is 3. The molecule has 1 saturated heterocycles. The topological polar surface area (TPSA) is 140 Å². The van der Waals surface area contributed by atoms with Gasteiger partial charge in [0.25, 0.3) is 5.91 Å². The van der Waals surface area contributed by atoms with E-state index in [0.717, 1.165) is 12.0 Å². The molecule has 1 aliphatic heterocycles. The number of nitrogens with zero attached hydrogens (tertiary/aromatic N) is 3. The van der Waals surface area contributed by atoms with Gasteiger partial charge >= 0.3 is 5.97 Å². The Morgan fingerprint density at radius 2 is 1.97 bits per heavy atom. The first-order chi connectivity index (χ1) is 17.9. The Kier molecular flexibility index (Phi) is 7.77. The van der Waals surface area contributed by atoms with Gasteiger partial charge in [-0.05, 0) is 43.2 Å². The number of hydrogen-bond acceptors (Lipinski definition) is 8. The molecule has 4 N–H and O–H groups in total. The smallest absolute Gasteiger partial charge is 0.338 e. The van der Waals surface area contributed by atoms with Crippen LogP contribution >= 0.6 is 0 Å². The van der Waals surface area contributed by atoms with Crippen molar-refractivity contribution in [3.8, 4) is 0 Å². The number of ether oxygens (including phenoxy) is 1. The molecule has 0 aliphatic carbocycles. The van der Waals surface area contributed by atoms with Gasteiger partial charge < -0.3 is 26.0 Å². The van der Waals surface area contributed by atoms with Gasteiger partial charge in [0.05, 0.1) is 11.8 Å². The molecule has 3 aromatic rings. The minimum atomic E-state index is -0.753. The van der Waals surface area contributed by atoms with Gasteiger partial charge in [-0.25, -0.2) is 14.8 Å². The number of rotatable bonds is 9. The summed E-state index contributed by atoms with van der Waals surface area (Å²) in [7, 11) is 0. The normalized spacial score (nSPS) is 16.6. The van der Waals surface area contributed by atoms with E-state index >= 15 is 0 Å². The average Bonchev–Trinajstić information content (AvgIpc) is 3.27. The molecular weight excluding hydrogens is 472 g/mol. The molecule has 2 aromatic carbocycles. The van der Waals surface area contributed by atoms with Gasteiger partial charge in [-0.3, -0.25) is 9.59 Å². The van der Waals surface area contributed by atoms with Gasteiger partial charge in [-0.2, -0.15) is 0 Å². The fourth-order valence-electron chi connectivity index (χ4n) is 4.14. The third-order valence-corrected chi connectivity index (χ3v) is 6.13. The molecule has 0 bridgehead atoms. The lowest BCUT2D eigenvalue weighted by molar-refractivity contribution is -0.126.